The number of hydrogen-bond donors (Lipinski definition) is 1. The SMILES string of the molecule is CCOc1ccc(C(=O)OCC(=O)Nc2c(C)cccc2C(C)C)cc1. The summed E-state index contributed by atoms with van der Waals surface area (Å²) in [5, 5.41) is 2.86. The van der Waals surface area contributed by atoms with Gasteiger partial charge in [-0.15, -0.1) is 0 Å². The zero-order valence-corrected chi connectivity index (χ0v) is 15.7. The molecule has 0 radical (unpaired) electrons. The molecule has 0 atom stereocenters. The fraction of sp³-hybridized carbons (Fsp3) is 0.333. The zero-order valence-electron chi connectivity index (χ0n) is 15.7. The molecule has 0 heterocycles. The topological polar surface area (TPSA) is 64.6 Å². The summed E-state index contributed by atoms with van der Waals surface area (Å²) in [6.07, 6.45) is 0. The van der Waals surface area contributed by atoms with E-state index in [1.54, 1.807) is 24.3 Å². The monoisotopic (exact) mass is 355 g/mol. The molecule has 1 N–H and O–H groups in total. The van der Waals surface area contributed by atoms with Gasteiger partial charge in [0, 0.05) is 5.69 Å². The maximum Gasteiger partial charge on any atom is 0.338 e. The molecule has 0 saturated heterocycles. The Morgan fingerprint density at radius 2 is 1.77 bits per heavy atom. The summed E-state index contributed by atoms with van der Waals surface area (Å²) in [4.78, 5) is 24.3. The highest BCUT2D eigenvalue weighted by Gasteiger charge is 2.14. The molecular formula is C21H25NO4. The van der Waals surface area contributed by atoms with Crippen LogP contribution in [0.5, 0.6) is 5.75 Å². The molecule has 0 fully saturated rings. The van der Waals surface area contributed by atoms with Gasteiger partial charge in [0.15, 0.2) is 6.61 Å². The molecule has 2 rings (SSSR count). The van der Waals surface area contributed by atoms with Crippen molar-refractivity contribution in [3.05, 3.63) is 59.2 Å². The van der Waals surface area contributed by atoms with Crippen LogP contribution in [0.2, 0.25) is 0 Å². The predicted molar refractivity (Wildman–Crippen MR) is 102 cm³/mol. The van der Waals surface area contributed by atoms with Crippen molar-refractivity contribution in [2.24, 2.45) is 0 Å². The Morgan fingerprint density at radius 3 is 2.38 bits per heavy atom. The first-order valence-corrected chi connectivity index (χ1v) is 8.71. The van der Waals surface area contributed by atoms with Gasteiger partial charge in [0.05, 0.1) is 12.2 Å². The Hall–Kier alpha value is -2.82. The van der Waals surface area contributed by atoms with E-state index >= 15 is 0 Å². The molecule has 26 heavy (non-hydrogen) atoms. The second-order valence-corrected chi connectivity index (χ2v) is 6.28. The molecule has 0 aliphatic rings. The molecule has 0 spiro atoms. The summed E-state index contributed by atoms with van der Waals surface area (Å²) in [6, 6.07) is 12.5. The molecule has 0 bridgehead atoms. The number of amides is 1. The van der Waals surface area contributed by atoms with Crippen LogP contribution < -0.4 is 10.1 Å². The fourth-order valence-electron chi connectivity index (χ4n) is 2.59. The van der Waals surface area contributed by atoms with E-state index in [-0.39, 0.29) is 18.4 Å². The number of rotatable bonds is 7. The summed E-state index contributed by atoms with van der Waals surface area (Å²) in [6.45, 7) is 8.18. The third kappa shape index (κ3) is 5.09. The first kappa shape index (κ1) is 19.5. The van der Waals surface area contributed by atoms with Crippen LogP contribution in [-0.4, -0.2) is 25.1 Å². The second kappa shape index (κ2) is 9.04. The van der Waals surface area contributed by atoms with Crippen LogP contribution in [0.1, 0.15) is 48.2 Å². The van der Waals surface area contributed by atoms with Crippen LogP contribution in [0.25, 0.3) is 0 Å². The van der Waals surface area contributed by atoms with Gasteiger partial charge in [-0.2, -0.15) is 0 Å². The number of para-hydroxylation sites is 1. The van der Waals surface area contributed by atoms with Crippen LogP contribution in [0.15, 0.2) is 42.5 Å². The Kier molecular flexibility index (Phi) is 6.78. The minimum absolute atomic E-state index is 0.275. The molecule has 138 valence electrons. The van der Waals surface area contributed by atoms with Crippen molar-refractivity contribution in [3.63, 3.8) is 0 Å². The van der Waals surface area contributed by atoms with Crippen molar-refractivity contribution in [1.29, 1.82) is 0 Å². The number of nitrogens with one attached hydrogen (secondary N) is 1. The number of carbonyl (C=O) groups excluding carboxylic acids is 2. The van der Waals surface area contributed by atoms with Gasteiger partial charge in [-0.1, -0.05) is 32.0 Å². The molecule has 5 heteroatoms. The Labute approximate surface area is 154 Å². The van der Waals surface area contributed by atoms with Crippen LogP contribution in [0.4, 0.5) is 5.69 Å². The van der Waals surface area contributed by atoms with Crippen LogP contribution in [0.3, 0.4) is 0 Å². The molecule has 0 aliphatic carbocycles. The van der Waals surface area contributed by atoms with Gasteiger partial charge < -0.3 is 14.8 Å². The van der Waals surface area contributed by atoms with Crippen molar-refractivity contribution in [1.82, 2.24) is 0 Å². The molecular weight excluding hydrogens is 330 g/mol. The van der Waals surface area contributed by atoms with Crippen LogP contribution in [-0.2, 0) is 9.53 Å². The smallest absolute Gasteiger partial charge is 0.338 e. The maximum atomic E-state index is 12.2. The summed E-state index contributed by atoms with van der Waals surface area (Å²) in [5.41, 5.74) is 3.18. The highest BCUT2D eigenvalue weighted by atomic mass is 16.5. The minimum atomic E-state index is -0.544. The van der Waals surface area contributed by atoms with Crippen molar-refractivity contribution < 1.29 is 19.1 Å². The minimum Gasteiger partial charge on any atom is -0.494 e. The number of benzene rings is 2. The first-order valence-electron chi connectivity index (χ1n) is 8.71. The molecule has 2 aromatic rings. The number of ether oxygens (including phenoxy) is 2. The largest absolute Gasteiger partial charge is 0.494 e. The number of hydrogen-bond acceptors (Lipinski definition) is 4. The van der Waals surface area contributed by atoms with Gasteiger partial charge in [-0.05, 0) is 55.2 Å². The zero-order chi connectivity index (χ0) is 19.1. The van der Waals surface area contributed by atoms with E-state index in [9.17, 15) is 9.59 Å². The van der Waals surface area contributed by atoms with Crippen molar-refractivity contribution in [3.8, 4) is 5.75 Å². The van der Waals surface area contributed by atoms with Gasteiger partial charge in [0.1, 0.15) is 5.75 Å². The molecule has 0 unspecified atom stereocenters. The van der Waals surface area contributed by atoms with Crippen LogP contribution >= 0.6 is 0 Å². The molecule has 1 amide bonds. The second-order valence-electron chi connectivity index (χ2n) is 6.28. The Morgan fingerprint density at radius 1 is 1.08 bits per heavy atom. The third-order valence-corrected chi connectivity index (χ3v) is 3.93. The van der Waals surface area contributed by atoms with E-state index < -0.39 is 5.97 Å². The number of anilines is 1. The van der Waals surface area contributed by atoms with Gasteiger partial charge in [0.25, 0.3) is 5.91 Å². The van der Waals surface area contributed by atoms with E-state index in [0.717, 1.165) is 16.8 Å². The number of aryl methyl sites for hydroxylation is 1. The number of esters is 1. The van der Waals surface area contributed by atoms with Gasteiger partial charge in [0.2, 0.25) is 0 Å². The lowest BCUT2D eigenvalue weighted by atomic mass is 9.98. The van der Waals surface area contributed by atoms with E-state index in [0.29, 0.717) is 17.9 Å². The average Bonchev–Trinajstić information content (AvgIpc) is 2.62. The fourth-order valence-corrected chi connectivity index (χ4v) is 2.59. The van der Waals surface area contributed by atoms with Crippen molar-refractivity contribution in [2.75, 3.05) is 18.5 Å². The Balaban J connectivity index is 1.96. The lowest BCUT2D eigenvalue weighted by molar-refractivity contribution is -0.119. The van der Waals surface area contributed by atoms with E-state index in [1.807, 2.05) is 32.0 Å². The summed E-state index contributed by atoms with van der Waals surface area (Å²) < 4.78 is 10.4. The maximum absolute atomic E-state index is 12.2. The first-order chi connectivity index (χ1) is 12.4. The molecule has 0 aromatic heterocycles. The quantitative estimate of drug-likeness (QED) is 0.752. The summed E-state index contributed by atoms with van der Waals surface area (Å²) >= 11 is 0. The van der Waals surface area contributed by atoms with Crippen molar-refractivity contribution in [2.45, 2.75) is 33.6 Å². The van der Waals surface area contributed by atoms with E-state index in [2.05, 4.69) is 19.2 Å². The average molecular weight is 355 g/mol. The molecule has 2 aromatic carbocycles. The molecule has 0 aliphatic heterocycles. The van der Waals surface area contributed by atoms with Gasteiger partial charge in [-0.3, -0.25) is 4.79 Å². The lowest BCUT2D eigenvalue weighted by Gasteiger charge is -2.16. The van der Waals surface area contributed by atoms with E-state index in [4.69, 9.17) is 9.47 Å². The van der Waals surface area contributed by atoms with Crippen LogP contribution in [0, 0.1) is 6.92 Å². The predicted octanol–water partition coefficient (Wildman–Crippen LogP) is 4.31. The highest BCUT2D eigenvalue weighted by molar-refractivity contribution is 5.96. The van der Waals surface area contributed by atoms with Gasteiger partial charge in [-0.25, -0.2) is 4.79 Å². The third-order valence-electron chi connectivity index (χ3n) is 3.93. The number of carbonyl (C=O) groups is 2. The molecule has 0 saturated carbocycles. The molecule has 5 nitrogen and oxygen atoms in total. The normalized spacial score (nSPS) is 10.5. The lowest BCUT2D eigenvalue weighted by Crippen LogP contribution is -2.22. The Bertz CT molecular complexity index is 766. The summed E-state index contributed by atoms with van der Waals surface area (Å²) in [7, 11) is 0. The highest BCUT2D eigenvalue weighted by Crippen LogP contribution is 2.27. The van der Waals surface area contributed by atoms with Gasteiger partial charge >= 0.3 is 5.97 Å². The standard InChI is InChI=1S/C21H25NO4/c1-5-25-17-11-9-16(10-12-17)21(24)26-13-19(23)22-20-15(4)7-6-8-18(20)14(2)3/h6-12,14H,5,13H2,1-4H3,(H,22,23). The van der Waals surface area contributed by atoms with E-state index in [1.165, 1.54) is 0 Å². The summed E-state index contributed by atoms with van der Waals surface area (Å²) in [5.74, 6) is 0.0525. The van der Waals surface area contributed by atoms with Crippen molar-refractivity contribution >= 4 is 17.6 Å².